The SMILES string of the molecule is NC(=O)c1ccc(N2CC3(CCCCC3)N2c2ccccc2N)nc1. The Hall–Kier alpha value is -2.76. The lowest BCUT2D eigenvalue weighted by Crippen LogP contribution is -2.75. The van der Waals surface area contributed by atoms with Gasteiger partial charge in [0.2, 0.25) is 5.91 Å². The van der Waals surface area contributed by atoms with E-state index in [0.29, 0.717) is 5.56 Å². The number of pyridine rings is 1. The number of carbonyl (C=O) groups excluding carboxylic acids is 1. The molecule has 130 valence electrons. The van der Waals surface area contributed by atoms with Gasteiger partial charge in [-0.05, 0) is 37.1 Å². The lowest BCUT2D eigenvalue weighted by atomic mass is 9.77. The van der Waals surface area contributed by atoms with Crippen molar-refractivity contribution in [3.05, 3.63) is 48.2 Å². The molecule has 4 rings (SSSR count). The maximum absolute atomic E-state index is 11.3. The summed E-state index contributed by atoms with van der Waals surface area (Å²) >= 11 is 0. The Kier molecular flexibility index (Phi) is 3.75. The first-order valence-electron chi connectivity index (χ1n) is 8.79. The zero-order valence-electron chi connectivity index (χ0n) is 14.2. The zero-order chi connectivity index (χ0) is 17.4. The molecule has 25 heavy (non-hydrogen) atoms. The number of hydrogen-bond acceptors (Lipinski definition) is 5. The molecule has 0 bridgehead atoms. The van der Waals surface area contributed by atoms with Crippen molar-refractivity contribution in [1.82, 2.24) is 4.98 Å². The molecule has 6 nitrogen and oxygen atoms in total. The van der Waals surface area contributed by atoms with E-state index in [9.17, 15) is 4.79 Å². The predicted octanol–water partition coefficient (Wildman–Crippen LogP) is 2.71. The number of hydrazine groups is 1. The number of nitrogen functional groups attached to an aromatic ring is 1. The lowest BCUT2D eigenvalue weighted by molar-refractivity contribution is 0.1000. The summed E-state index contributed by atoms with van der Waals surface area (Å²) in [6, 6.07) is 11.5. The number of carbonyl (C=O) groups is 1. The van der Waals surface area contributed by atoms with Gasteiger partial charge in [0.15, 0.2) is 0 Å². The first kappa shape index (κ1) is 15.7. The number of para-hydroxylation sites is 2. The van der Waals surface area contributed by atoms with Gasteiger partial charge in [-0.15, -0.1) is 0 Å². The minimum Gasteiger partial charge on any atom is -0.397 e. The molecule has 0 unspecified atom stereocenters. The van der Waals surface area contributed by atoms with E-state index < -0.39 is 5.91 Å². The number of nitrogens with zero attached hydrogens (tertiary/aromatic N) is 3. The van der Waals surface area contributed by atoms with Gasteiger partial charge in [-0.1, -0.05) is 31.4 Å². The molecule has 1 amide bonds. The van der Waals surface area contributed by atoms with Crippen LogP contribution >= 0.6 is 0 Å². The van der Waals surface area contributed by atoms with E-state index >= 15 is 0 Å². The topological polar surface area (TPSA) is 88.5 Å². The van der Waals surface area contributed by atoms with Gasteiger partial charge in [-0.2, -0.15) is 0 Å². The summed E-state index contributed by atoms with van der Waals surface area (Å²) in [4.78, 5) is 15.7. The van der Waals surface area contributed by atoms with Crippen LogP contribution in [-0.4, -0.2) is 23.0 Å². The van der Waals surface area contributed by atoms with Crippen LogP contribution in [0.1, 0.15) is 42.5 Å². The number of primary amides is 1. The number of aromatic nitrogens is 1. The Morgan fingerprint density at radius 2 is 1.84 bits per heavy atom. The molecule has 0 radical (unpaired) electrons. The van der Waals surface area contributed by atoms with Crippen LogP contribution in [0.5, 0.6) is 0 Å². The summed E-state index contributed by atoms with van der Waals surface area (Å²) < 4.78 is 0. The zero-order valence-corrected chi connectivity index (χ0v) is 14.2. The summed E-state index contributed by atoms with van der Waals surface area (Å²) in [6.07, 6.45) is 7.64. The molecule has 2 aliphatic rings. The second-order valence-corrected chi connectivity index (χ2v) is 6.98. The van der Waals surface area contributed by atoms with Crippen molar-refractivity contribution < 1.29 is 4.79 Å². The van der Waals surface area contributed by atoms with Crippen molar-refractivity contribution in [3.8, 4) is 0 Å². The van der Waals surface area contributed by atoms with E-state index in [0.717, 1.165) is 36.6 Å². The van der Waals surface area contributed by atoms with Crippen molar-refractivity contribution in [2.24, 2.45) is 5.73 Å². The molecular formula is C19H23N5O. The number of nitrogens with two attached hydrogens (primary N) is 2. The second-order valence-electron chi connectivity index (χ2n) is 6.98. The maximum Gasteiger partial charge on any atom is 0.250 e. The quantitative estimate of drug-likeness (QED) is 0.841. The molecule has 1 aromatic carbocycles. The van der Waals surface area contributed by atoms with Gasteiger partial charge in [0.05, 0.1) is 29.0 Å². The highest BCUT2D eigenvalue weighted by Crippen LogP contribution is 2.47. The van der Waals surface area contributed by atoms with Crippen molar-refractivity contribution in [1.29, 1.82) is 0 Å². The highest BCUT2D eigenvalue weighted by Gasteiger charge is 2.52. The van der Waals surface area contributed by atoms with Gasteiger partial charge in [0.1, 0.15) is 5.82 Å². The number of rotatable bonds is 3. The van der Waals surface area contributed by atoms with E-state index in [1.165, 1.54) is 25.5 Å². The summed E-state index contributed by atoms with van der Waals surface area (Å²) in [5.41, 5.74) is 13.9. The number of benzene rings is 1. The van der Waals surface area contributed by atoms with Gasteiger partial charge in [-0.25, -0.2) is 4.98 Å². The molecule has 4 N–H and O–H groups in total. The van der Waals surface area contributed by atoms with Gasteiger partial charge in [0.25, 0.3) is 0 Å². The fraction of sp³-hybridized carbons (Fsp3) is 0.368. The Morgan fingerprint density at radius 1 is 1.08 bits per heavy atom. The summed E-state index contributed by atoms with van der Waals surface area (Å²) in [6.45, 7) is 0.921. The Morgan fingerprint density at radius 3 is 2.48 bits per heavy atom. The normalized spacial score (nSPS) is 18.9. The third-order valence-electron chi connectivity index (χ3n) is 5.38. The third-order valence-corrected chi connectivity index (χ3v) is 5.38. The second kappa shape index (κ2) is 5.95. The molecule has 0 atom stereocenters. The smallest absolute Gasteiger partial charge is 0.250 e. The van der Waals surface area contributed by atoms with E-state index in [1.54, 1.807) is 6.07 Å². The van der Waals surface area contributed by atoms with Crippen molar-refractivity contribution in [3.63, 3.8) is 0 Å². The molecule has 1 spiro atoms. The highest BCUT2D eigenvalue weighted by atomic mass is 16.1. The predicted molar refractivity (Wildman–Crippen MR) is 99.3 cm³/mol. The van der Waals surface area contributed by atoms with Crippen LogP contribution in [0.2, 0.25) is 0 Å². The molecule has 1 saturated heterocycles. The molecule has 1 aliphatic carbocycles. The van der Waals surface area contributed by atoms with Crippen LogP contribution in [-0.2, 0) is 0 Å². The first-order chi connectivity index (χ1) is 12.1. The Labute approximate surface area is 147 Å². The van der Waals surface area contributed by atoms with Gasteiger partial charge in [0, 0.05) is 6.20 Å². The van der Waals surface area contributed by atoms with Crippen LogP contribution in [0, 0.1) is 0 Å². The molecule has 2 fully saturated rings. The average molecular weight is 337 g/mol. The van der Waals surface area contributed by atoms with Crippen molar-refractivity contribution in [2.75, 3.05) is 22.3 Å². The van der Waals surface area contributed by atoms with Crippen molar-refractivity contribution >= 4 is 23.1 Å². The Balaban J connectivity index is 1.70. The molecular weight excluding hydrogens is 314 g/mol. The summed E-state index contributed by atoms with van der Waals surface area (Å²) in [5.74, 6) is 0.347. The van der Waals surface area contributed by atoms with Crippen LogP contribution in [0.15, 0.2) is 42.6 Å². The lowest BCUT2D eigenvalue weighted by Gasteiger charge is -2.63. The molecule has 1 aromatic heterocycles. The maximum atomic E-state index is 11.3. The fourth-order valence-corrected chi connectivity index (χ4v) is 4.11. The van der Waals surface area contributed by atoms with Gasteiger partial charge < -0.3 is 11.5 Å². The third kappa shape index (κ3) is 2.58. The minimum absolute atomic E-state index is 0.123. The molecule has 1 saturated carbocycles. The number of hydrogen-bond donors (Lipinski definition) is 2. The van der Waals surface area contributed by atoms with E-state index in [1.807, 2.05) is 24.3 Å². The number of amides is 1. The van der Waals surface area contributed by atoms with E-state index in [2.05, 4.69) is 21.1 Å². The minimum atomic E-state index is -0.462. The van der Waals surface area contributed by atoms with Crippen LogP contribution in [0.3, 0.4) is 0 Å². The standard InChI is InChI=1S/C19H23N5O/c20-15-6-2-3-7-16(15)24-19(10-4-1-5-11-19)13-23(24)17-9-8-14(12-22-17)18(21)25/h2-3,6-9,12H,1,4-5,10-11,13,20H2,(H2,21,25). The number of anilines is 3. The largest absolute Gasteiger partial charge is 0.397 e. The first-order valence-corrected chi connectivity index (χ1v) is 8.79. The fourth-order valence-electron chi connectivity index (χ4n) is 4.11. The van der Waals surface area contributed by atoms with Crippen LogP contribution < -0.4 is 21.5 Å². The van der Waals surface area contributed by atoms with Crippen molar-refractivity contribution in [2.45, 2.75) is 37.6 Å². The molecule has 2 heterocycles. The van der Waals surface area contributed by atoms with Crippen LogP contribution in [0.4, 0.5) is 17.2 Å². The van der Waals surface area contributed by atoms with E-state index in [4.69, 9.17) is 11.5 Å². The summed E-state index contributed by atoms with van der Waals surface area (Å²) in [5, 5.41) is 4.47. The van der Waals surface area contributed by atoms with Gasteiger partial charge in [-0.3, -0.25) is 14.8 Å². The Bertz CT molecular complexity index is 783. The van der Waals surface area contributed by atoms with Crippen LogP contribution in [0.25, 0.3) is 0 Å². The van der Waals surface area contributed by atoms with Gasteiger partial charge >= 0.3 is 0 Å². The van der Waals surface area contributed by atoms with E-state index in [-0.39, 0.29) is 5.54 Å². The average Bonchev–Trinajstić information content (AvgIpc) is 2.63. The molecule has 1 aliphatic heterocycles. The monoisotopic (exact) mass is 337 g/mol. The summed E-state index contributed by atoms with van der Waals surface area (Å²) in [7, 11) is 0. The molecule has 6 heteroatoms. The highest BCUT2D eigenvalue weighted by molar-refractivity contribution is 5.92. The molecule has 2 aromatic rings.